The van der Waals surface area contributed by atoms with Crippen molar-refractivity contribution in [1.82, 2.24) is 9.80 Å². The fourth-order valence-corrected chi connectivity index (χ4v) is 1.84. The quantitative estimate of drug-likeness (QED) is 0.636. The van der Waals surface area contributed by atoms with Gasteiger partial charge in [-0.25, -0.2) is 0 Å². The van der Waals surface area contributed by atoms with Crippen LogP contribution in [0.2, 0.25) is 0 Å². The number of rotatable bonds is 3. The van der Waals surface area contributed by atoms with Gasteiger partial charge in [0.1, 0.15) is 0 Å². The first kappa shape index (κ1) is 13.0. The number of carbonyl (C=O) groups excluding carboxylic acids is 2. The molecule has 0 aromatic heterocycles. The van der Waals surface area contributed by atoms with Crippen LogP contribution in [-0.2, 0) is 14.3 Å². The van der Waals surface area contributed by atoms with Crippen molar-refractivity contribution < 1.29 is 14.3 Å². The van der Waals surface area contributed by atoms with Gasteiger partial charge in [0.25, 0.3) is 0 Å². The van der Waals surface area contributed by atoms with E-state index in [-0.39, 0.29) is 11.9 Å². The highest BCUT2D eigenvalue weighted by Crippen LogP contribution is 2.19. The molecule has 1 aliphatic rings. The van der Waals surface area contributed by atoms with E-state index in [1.54, 1.807) is 11.9 Å². The molecule has 0 aromatic rings. The predicted molar refractivity (Wildman–Crippen MR) is 59.9 cm³/mol. The second kappa shape index (κ2) is 4.82. The maximum absolute atomic E-state index is 11.5. The molecular weight excluding hydrogens is 208 g/mol. The number of nitrogens with zero attached hydrogens (tertiary/aromatic N) is 2. The van der Waals surface area contributed by atoms with Gasteiger partial charge in [-0.2, -0.15) is 0 Å². The third kappa shape index (κ3) is 2.95. The molecule has 16 heavy (non-hydrogen) atoms. The number of esters is 1. The van der Waals surface area contributed by atoms with Crippen molar-refractivity contribution in [1.29, 1.82) is 0 Å². The van der Waals surface area contributed by atoms with E-state index < -0.39 is 5.41 Å². The van der Waals surface area contributed by atoms with Crippen LogP contribution in [0.3, 0.4) is 0 Å². The van der Waals surface area contributed by atoms with E-state index in [4.69, 9.17) is 4.74 Å². The lowest BCUT2D eigenvalue weighted by molar-refractivity contribution is -0.153. The van der Waals surface area contributed by atoms with Crippen LogP contribution >= 0.6 is 0 Å². The Bertz CT molecular complexity index is 289. The topological polar surface area (TPSA) is 49.9 Å². The van der Waals surface area contributed by atoms with Crippen LogP contribution in [0.1, 0.15) is 13.8 Å². The zero-order valence-electron chi connectivity index (χ0n) is 10.4. The second-order valence-electron chi connectivity index (χ2n) is 4.90. The Morgan fingerprint density at radius 2 is 2.06 bits per heavy atom. The van der Waals surface area contributed by atoms with Crippen molar-refractivity contribution in [2.24, 2.45) is 5.41 Å². The standard InChI is InChI=1S/C11H20N2O3/c1-11(2,10(15)16-4)8-13-6-5-12(3)9(14)7-13/h5-8H2,1-4H3. The summed E-state index contributed by atoms with van der Waals surface area (Å²) in [6.45, 7) is 6.14. The van der Waals surface area contributed by atoms with Crippen LogP contribution in [0.4, 0.5) is 0 Å². The predicted octanol–water partition coefficient (Wildman–Crippen LogP) is -0.0404. The summed E-state index contributed by atoms with van der Waals surface area (Å²) < 4.78 is 4.74. The molecule has 0 bridgehead atoms. The van der Waals surface area contributed by atoms with Crippen LogP contribution in [0, 0.1) is 5.41 Å². The number of piperazine rings is 1. The summed E-state index contributed by atoms with van der Waals surface area (Å²) in [6.07, 6.45) is 0. The molecule has 1 heterocycles. The third-order valence-electron chi connectivity index (χ3n) is 2.89. The SMILES string of the molecule is COC(=O)C(C)(C)CN1CCN(C)C(=O)C1. The Balaban J connectivity index is 2.55. The van der Waals surface area contributed by atoms with E-state index >= 15 is 0 Å². The van der Waals surface area contributed by atoms with Gasteiger partial charge in [0.15, 0.2) is 0 Å². The molecule has 92 valence electrons. The van der Waals surface area contributed by atoms with Gasteiger partial charge >= 0.3 is 5.97 Å². The Hall–Kier alpha value is -1.10. The summed E-state index contributed by atoms with van der Waals surface area (Å²) in [6, 6.07) is 0. The average molecular weight is 228 g/mol. The summed E-state index contributed by atoms with van der Waals surface area (Å²) in [5.74, 6) is -0.134. The number of ether oxygens (including phenoxy) is 1. The highest BCUT2D eigenvalue weighted by Gasteiger charge is 2.33. The molecule has 0 saturated carbocycles. The molecule has 5 heteroatoms. The highest BCUT2D eigenvalue weighted by molar-refractivity contribution is 5.79. The van der Waals surface area contributed by atoms with Crippen molar-refractivity contribution >= 4 is 11.9 Å². The second-order valence-corrected chi connectivity index (χ2v) is 4.90. The first-order valence-electron chi connectivity index (χ1n) is 5.41. The van der Waals surface area contributed by atoms with Crippen LogP contribution in [-0.4, -0.2) is 62.0 Å². The smallest absolute Gasteiger partial charge is 0.312 e. The molecule has 1 aliphatic heterocycles. The van der Waals surface area contributed by atoms with Crippen molar-refractivity contribution in [2.75, 3.05) is 40.3 Å². The van der Waals surface area contributed by atoms with Crippen molar-refractivity contribution in [2.45, 2.75) is 13.8 Å². The van der Waals surface area contributed by atoms with Gasteiger partial charge in [-0.1, -0.05) is 0 Å². The number of likely N-dealkylation sites (N-methyl/N-ethyl adjacent to an activating group) is 1. The number of amides is 1. The summed E-state index contributed by atoms with van der Waals surface area (Å²) in [5.41, 5.74) is -0.565. The Kier molecular flexibility index (Phi) is 3.91. The molecule has 0 spiro atoms. The third-order valence-corrected chi connectivity index (χ3v) is 2.89. The molecule has 5 nitrogen and oxygen atoms in total. The van der Waals surface area contributed by atoms with E-state index in [0.717, 1.165) is 13.1 Å². The molecule has 0 atom stereocenters. The molecule has 1 rings (SSSR count). The Morgan fingerprint density at radius 3 is 2.56 bits per heavy atom. The molecular formula is C11H20N2O3. The zero-order valence-corrected chi connectivity index (χ0v) is 10.4. The molecule has 0 unspecified atom stereocenters. The van der Waals surface area contributed by atoms with Crippen molar-refractivity contribution in [3.63, 3.8) is 0 Å². The van der Waals surface area contributed by atoms with Gasteiger partial charge in [0.05, 0.1) is 19.1 Å². The van der Waals surface area contributed by atoms with Crippen LogP contribution in [0.15, 0.2) is 0 Å². The molecule has 0 aromatic carbocycles. The fraction of sp³-hybridized carbons (Fsp3) is 0.818. The van der Waals surface area contributed by atoms with Gasteiger partial charge in [0, 0.05) is 26.7 Å². The van der Waals surface area contributed by atoms with Gasteiger partial charge in [-0.3, -0.25) is 14.5 Å². The molecule has 0 radical (unpaired) electrons. The number of carbonyl (C=O) groups is 2. The van der Waals surface area contributed by atoms with Crippen LogP contribution in [0.5, 0.6) is 0 Å². The fourth-order valence-electron chi connectivity index (χ4n) is 1.84. The Labute approximate surface area is 96.3 Å². The maximum atomic E-state index is 11.5. The van der Waals surface area contributed by atoms with Crippen molar-refractivity contribution in [3.8, 4) is 0 Å². The molecule has 1 saturated heterocycles. The average Bonchev–Trinajstić information content (AvgIpc) is 2.22. The van der Waals surface area contributed by atoms with E-state index in [2.05, 4.69) is 0 Å². The van der Waals surface area contributed by atoms with Crippen molar-refractivity contribution in [3.05, 3.63) is 0 Å². The van der Waals surface area contributed by atoms with Gasteiger partial charge in [0.2, 0.25) is 5.91 Å². The van der Waals surface area contributed by atoms with Gasteiger partial charge in [-0.05, 0) is 13.8 Å². The van der Waals surface area contributed by atoms with Gasteiger partial charge in [-0.15, -0.1) is 0 Å². The highest BCUT2D eigenvalue weighted by atomic mass is 16.5. The lowest BCUT2D eigenvalue weighted by Gasteiger charge is -2.35. The first-order chi connectivity index (χ1) is 7.36. The lowest BCUT2D eigenvalue weighted by atomic mass is 9.92. The Morgan fingerprint density at radius 1 is 1.44 bits per heavy atom. The molecule has 0 N–H and O–H groups in total. The maximum Gasteiger partial charge on any atom is 0.312 e. The van der Waals surface area contributed by atoms with Crippen LogP contribution < -0.4 is 0 Å². The van der Waals surface area contributed by atoms with Gasteiger partial charge < -0.3 is 9.64 Å². The minimum Gasteiger partial charge on any atom is -0.469 e. The minimum absolute atomic E-state index is 0.104. The summed E-state index contributed by atoms with van der Waals surface area (Å²) in [4.78, 5) is 26.7. The lowest BCUT2D eigenvalue weighted by Crippen LogP contribution is -2.52. The first-order valence-corrected chi connectivity index (χ1v) is 5.41. The number of methoxy groups -OCH3 is 1. The van der Waals surface area contributed by atoms with Crippen LogP contribution in [0.25, 0.3) is 0 Å². The number of hydrogen-bond donors (Lipinski definition) is 0. The minimum atomic E-state index is -0.565. The molecule has 0 aliphatic carbocycles. The van der Waals surface area contributed by atoms with E-state index in [1.807, 2.05) is 18.7 Å². The van der Waals surface area contributed by atoms with E-state index in [9.17, 15) is 9.59 Å². The zero-order chi connectivity index (χ0) is 12.3. The normalized spacial score (nSPS) is 18.8. The molecule has 1 amide bonds. The monoisotopic (exact) mass is 228 g/mol. The largest absolute Gasteiger partial charge is 0.469 e. The summed E-state index contributed by atoms with van der Waals surface area (Å²) in [5, 5.41) is 0. The summed E-state index contributed by atoms with van der Waals surface area (Å²) in [7, 11) is 3.18. The molecule has 1 fully saturated rings. The van der Waals surface area contributed by atoms with E-state index in [0.29, 0.717) is 13.1 Å². The number of hydrogen-bond acceptors (Lipinski definition) is 4. The van der Waals surface area contributed by atoms with E-state index in [1.165, 1.54) is 7.11 Å². The summed E-state index contributed by atoms with van der Waals surface area (Å²) >= 11 is 0.